The molecule has 0 aliphatic carbocycles. The second-order valence-corrected chi connectivity index (χ2v) is 8.41. The highest BCUT2D eigenvalue weighted by molar-refractivity contribution is 8.14. The van der Waals surface area contributed by atoms with Gasteiger partial charge >= 0.3 is 5.97 Å². The third-order valence-electron chi connectivity index (χ3n) is 4.96. The summed E-state index contributed by atoms with van der Waals surface area (Å²) in [6.45, 7) is 9.29. The molecule has 0 bridgehead atoms. The van der Waals surface area contributed by atoms with E-state index in [-0.39, 0.29) is 17.8 Å². The summed E-state index contributed by atoms with van der Waals surface area (Å²) in [7, 11) is 0. The van der Waals surface area contributed by atoms with Crippen molar-refractivity contribution in [3.63, 3.8) is 0 Å². The van der Waals surface area contributed by atoms with E-state index in [1.165, 1.54) is 6.08 Å². The average Bonchev–Trinajstić information content (AvgIpc) is 3.07. The van der Waals surface area contributed by atoms with Crippen molar-refractivity contribution in [3.8, 4) is 0 Å². The topological polar surface area (TPSA) is 84.9 Å². The Bertz CT molecular complexity index is 620. The molecule has 0 aromatic rings. The van der Waals surface area contributed by atoms with Gasteiger partial charge in [-0.25, -0.2) is 4.79 Å². The molecule has 2 N–H and O–H groups in total. The molecular formula is C21H31NO5S. The second kappa shape index (κ2) is 10.8. The zero-order valence-electron chi connectivity index (χ0n) is 16.5. The van der Waals surface area contributed by atoms with Crippen LogP contribution in [0, 0.1) is 0 Å². The lowest BCUT2D eigenvalue weighted by molar-refractivity contribution is -0.283. The van der Waals surface area contributed by atoms with Crippen molar-refractivity contribution in [2.45, 2.75) is 75.9 Å². The van der Waals surface area contributed by atoms with Gasteiger partial charge < -0.3 is 19.9 Å². The summed E-state index contributed by atoms with van der Waals surface area (Å²) in [6, 6.07) is -0.515. The van der Waals surface area contributed by atoms with Gasteiger partial charge in [-0.2, -0.15) is 0 Å². The molecular weight excluding hydrogens is 378 g/mol. The van der Waals surface area contributed by atoms with Gasteiger partial charge in [0.1, 0.15) is 6.10 Å². The minimum Gasteiger partial charge on any atom is -0.459 e. The summed E-state index contributed by atoms with van der Waals surface area (Å²) < 4.78 is 11.6. The number of esters is 1. The number of carbonyl (C=O) groups is 2. The largest absolute Gasteiger partial charge is 0.459 e. The minimum absolute atomic E-state index is 0.141. The smallest absolute Gasteiger partial charge is 0.330 e. The van der Waals surface area contributed by atoms with E-state index in [0.29, 0.717) is 12.2 Å². The van der Waals surface area contributed by atoms with Crippen molar-refractivity contribution in [1.29, 1.82) is 0 Å². The SMILES string of the molecule is C=CCCC[C@@H]1C[C@@H](OC(=O)/C=C(/C)CCC=C)C[C@](O)([C@@H]2CSC(=O)N2)O1. The predicted octanol–water partition coefficient (Wildman–Crippen LogP) is 3.86. The van der Waals surface area contributed by atoms with Crippen LogP contribution >= 0.6 is 11.8 Å². The number of nitrogens with one attached hydrogen (secondary N) is 1. The monoisotopic (exact) mass is 409 g/mol. The van der Waals surface area contributed by atoms with Gasteiger partial charge in [0, 0.05) is 24.7 Å². The number of hydrogen-bond acceptors (Lipinski definition) is 6. The van der Waals surface area contributed by atoms with Crippen molar-refractivity contribution in [1.82, 2.24) is 5.32 Å². The second-order valence-electron chi connectivity index (χ2n) is 7.42. The van der Waals surface area contributed by atoms with Crippen LogP contribution in [0.4, 0.5) is 4.79 Å². The first kappa shape index (κ1) is 22.7. The van der Waals surface area contributed by atoms with Crippen molar-refractivity contribution >= 4 is 23.0 Å². The number of thioether (sulfide) groups is 1. The minimum atomic E-state index is -1.54. The zero-order chi connectivity index (χ0) is 20.6. The molecule has 2 fully saturated rings. The first-order valence-corrected chi connectivity index (χ1v) is 10.8. The molecule has 7 heteroatoms. The van der Waals surface area contributed by atoms with Gasteiger partial charge in [-0.05, 0) is 39.0 Å². The number of amides is 1. The van der Waals surface area contributed by atoms with Gasteiger partial charge in [0.05, 0.1) is 12.1 Å². The highest BCUT2D eigenvalue weighted by Gasteiger charge is 2.49. The summed E-state index contributed by atoms with van der Waals surface area (Å²) >= 11 is 1.12. The number of aliphatic hydroxyl groups is 1. The lowest BCUT2D eigenvalue weighted by Crippen LogP contribution is -2.58. The first-order valence-electron chi connectivity index (χ1n) is 9.79. The van der Waals surface area contributed by atoms with Crippen molar-refractivity contribution in [2.75, 3.05) is 5.75 Å². The van der Waals surface area contributed by atoms with E-state index in [1.807, 2.05) is 19.1 Å². The fraction of sp³-hybridized carbons (Fsp3) is 0.619. The highest BCUT2D eigenvalue weighted by Crippen LogP contribution is 2.36. The maximum atomic E-state index is 12.3. The van der Waals surface area contributed by atoms with E-state index >= 15 is 0 Å². The summed E-state index contributed by atoms with van der Waals surface area (Å²) in [5, 5.41) is 13.7. The van der Waals surface area contributed by atoms with Crippen LogP contribution in [0.2, 0.25) is 0 Å². The van der Waals surface area contributed by atoms with Crippen molar-refractivity contribution < 1.29 is 24.2 Å². The molecule has 2 heterocycles. The van der Waals surface area contributed by atoms with Gasteiger partial charge in [-0.15, -0.1) is 13.2 Å². The Morgan fingerprint density at radius 1 is 1.43 bits per heavy atom. The maximum Gasteiger partial charge on any atom is 0.330 e. The molecule has 0 aromatic heterocycles. The van der Waals surface area contributed by atoms with Crippen LogP contribution in [0.3, 0.4) is 0 Å². The summed E-state index contributed by atoms with van der Waals surface area (Å²) in [4.78, 5) is 23.9. The Hall–Kier alpha value is -1.57. The lowest BCUT2D eigenvalue weighted by atomic mass is 9.91. The predicted molar refractivity (Wildman–Crippen MR) is 111 cm³/mol. The molecule has 28 heavy (non-hydrogen) atoms. The van der Waals surface area contributed by atoms with E-state index in [2.05, 4.69) is 18.5 Å². The van der Waals surface area contributed by atoms with Crippen LogP contribution in [0.15, 0.2) is 37.0 Å². The molecule has 2 aliphatic heterocycles. The Balaban J connectivity index is 2.04. The van der Waals surface area contributed by atoms with Gasteiger partial charge in [0.25, 0.3) is 5.24 Å². The lowest BCUT2D eigenvalue weighted by Gasteiger charge is -2.43. The van der Waals surface area contributed by atoms with Crippen LogP contribution in [0.1, 0.15) is 51.9 Å². The standard InChI is InChI=1S/C21H31NO5S/c1-4-6-8-10-16-12-17(26-19(23)11-15(3)9-7-5-2)13-21(25,27-16)18-14-28-20(24)22-18/h4-5,11,16-18,25H,1-2,6-10,12-14H2,3H3,(H,22,24)/b15-11-/t16-,17-,18+,21-/m1/s1. The molecule has 0 radical (unpaired) electrons. The first-order chi connectivity index (χ1) is 13.4. The molecule has 2 aliphatic rings. The van der Waals surface area contributed by atoms with Crippen LogP contribution in [0.5, 0.6) is 0 Å². The number of ether oxygens (including phenoxy) is 2. The molecule has 156 valence electrons. The Kier molecular flexibility index (Phi) is 8.79. The van der Waals surface area contributed by atoms with Crippen LogP contribution < -0.4 is 5.32 Å². The number of rotatable bonds is 10. The van der Waals surface area contributed by atoms with E-state index in [9.17, 15) is 14.7 Å². The molecule has 1 amide bonds. The van der Waals surface area contributed by atoms with Gasteiger partial charge in [0.15, 0.2) is 5.79 Å². The van der Waals surface area contributed by atoms with E-state index in [4.69, 9.17) is 9.47 Å². The number of carbonyl (C=O) groups excluding carboxylic acids is 2. The van der Waals surface area contributed by atoms with Gasteiger partial charge in [-0.3, -0.25) is 4.79 Å². The molecule has 2 rings (SSSR count). The van der Waals surface area contributed by atoms with Gasteiger partial charge in [0.2, 0.25) is 0 Å². The molecule has 0 spiro atoms. The molecule has 6 nitrogen and oxygen atoms in total. The third-order valence-corrected chi connectivity index (χ3v) is 5.84. The number of unbranched alkanes of at least 4 members (excludes halogenated alkanes) is 1. The maximum absolute atomic E-state index is 12.3. The molecule has 4 atom stereocenters. The Morgan fingerprint density at radius 3 is 2.82 bits per heavy atom. The Labute approximate surface area is 171 Å². The molecule has 0 unspecified atom stereocenters. The quantitative estimate of drug-likeness (QED) is 0.247. The van der Waals surface area contributed by atoms with Crippen LogP contribution in [-0.4, -0.2) is 46.1 Å². The third kappa shape index (κ3) is 6.79. The van der Waals surface area contributed by atoms with Crippen molar-refractivity contribution in [3.05, 3.63) is 37.0 Å². The Morgan fingerprint density at radius 2 is 2.18 bits per heavy atom. The molecule has 0 aromatic carbocycles. The van der Waals surface area contributed by atoms with Gasteiger partial charge in [-0.1, -0.05) is 29.5 Å². The normalized spacial score (nSPS) is 30.6. The summed E-state index contributed by atoms with van der Waals surface area (Å²) in [5.41, 5.74) is 0.925. The van der Waals surface area contributed by atoms with E-state index in [0.717, 1.165) is 49.4 Å². The van der Waals surface area contributed by atoms with E-state index < -0.39 is 23.9 Å². The highest BCUT2D eigenvalue weighted by atomic mass is 32.2. The molecule has 2 saturated heterocycles. The fourth-order valence-electron chi connectivity index (χ4n) is 3.50. The average molecular weight is 410 g/mol. The zero-order valence-corrected chi connectivity index (χ0v) is 17.3. The van der Waals surface area contributed by atoms with E-state index in [1.54, 1.807) is 0 Å². The summed E-state index contributed by atoms with van der Waals surface area (Å²) in [6.07, 6.45) is 9.11. The van der Waals surface area contributed by atoms with Crippen LogP contribution in [0.25, 0.3) is 0 Å². The number of hydrogen-bond donors (Lipinski definition) is 2. The fourth-order valence-corrected chi connectivity index (χ4v) is 4.38. The van der Waals surface area contributed by atoms with Crippen LogP contribution in [-0.2, 0) is 14.3 Å². The summed E-state index contributed by atoms with van der Waals surface area (Å²) in [5.74, 6) is -1.52. The number of allylic oxidation sites excluding steroid dienone is 3. The molecule has 0 saturated carbocycles. The van der Waals surface area contributed by atoms with Crippen molar-refractivity contribution in [2.24, 2.45) is 0 Å².